The van der Waals surface area contributed by atoms with E-state index in [9.17, 15) is 0 Å². The van der Waals surface area contributed by atoms with Gasteiger partial charge in [-0.05, 0) is 25.7 Å². The molecule has 0 aliphatic carbocycles. The number of ether oxygens (including phenoxy) is 2. The second-order valence-electron chi connectivity index (χ2n) is 4.07. The van der Waals surface area contributed by atoms with Gasteiger partial charge >= 0.3 is 8.80 Å². The second-order valence-corrected chi connectivity index (χ2v) is 7.16. The minimum absolute atomic E-state index is 0.0209. The van der Waals surface area contributed by atoms with Gasteiger partial charge in [0, 0.05) is 40.6 Å². The Kier molecular flexibility index (Phi) is 7.25. The summed E-state index contributed by atoms with van der Waals surface area (Å²) in [5.41, 5.74) is 0. The van der Waals surface area contributed by atoms with Gasteiger partial charge in [0.15, 0.2) is 6.29 Å². The molecule has 17 heavy (non-hydrogen) atoms. The van der Waals surface area contributed by atoms with Gasteiger partial charge in [-0.25, -0.2) is 0 Å². The molecular formula is C11H24O5Si. The van der Waals surface area contributed by atoms with Crippen LogP contribution in [0.15, 0.2) is 0 Å². The molecule has 0 radical (unpaired) electrons. The van der Waals surface area contributed by atoms with Gasteiger partial charge in [0.05, 0.1) is 0 Å². The van der Waals surface area contributed by atoms with E-state index in [0.717, 1.165) is 31.9 Å². The first-order valence-corrected chi connectivity index (χ1v) is 8.08. The number of hydrogen-bond donors (Lipinski definition) is 0. The minimum Gasteiger partial charge on any atom is -0.377 e. The first-order valence-electron chi connectivity index (χ1n) is 6.15. The van der Waals surface area contributed by atoms with Crippen LogP contribution in [-0.4, -0.2) is 49.6 Å². The molecule has 0 aromatic rings. The Balaban J connectivity index is 2.13. The SMILES string of the molecule is CO[Si](CCCOC1CCCCO1)(OC)OC. The van der Waals surface area contributed by atoms with Crippen LogP contribution in [0.3, 0.4) is 0 Å². The average molecular weight is 264 g/mol. The Morgan fingerprint density at radius 2 is 1.82 bits per heavy atom. The molecule has 1 unspecified atom stereocenters. The molecule has 102 valence electrons. The van der Waals surface area contributed by atoms with Crippen LogP contribution in [-0.2, 0) is 22.8 Å². The molecule has 1 aliphatic heterocycles. The molecule has 6 heteroatoms. The standard InChI is InChI=1S/C11H24O5Si/c1-12-17(13-2,14-3)10-6-9-16-11-7-4-5-8-15-11/h11H,4-10H2,1-3H3. The van der Waals surface area contributed by atoms with Crippen LogP contribution in [0.4, 0.5) is 0 Å². The Hall–Kier alpha value is 0.0169. The summed E-state index contributed by atoms with van der Waals surface area (Å²) < 4.78 is 27.1. The van der Waals surface area contributed by atoms with Gasteiger partial charge in [0.1, 0.15) is 0 Å². The highest BCUT2D eigenvalue weighted by Crippen LogP contribution is 2.17. The summed E-state index contributed by atoms with van der Waals surface area (Å²) >= 11 is 0. The predicted molar refractivity (Wildman–Crippen MR) is 65.7 cm³/mol. The molecule has 0 aromatic carbocycles. The van der Waals surface area contributed by atoms with Gasteiger partial charge in [-0.1, -0.05) is 0 Å². The van der Waals surface area contributed by atoms with Crippen molar-refractivity contribution in [1.82, 2.24) is 0 Å². The maximum atomic E-state index is 5.65. The lowest BCUT2D eigenvalue weighted by atomic mass is 10.2. The summed E-state index contributed by atoms with van der Waals surface area (Å²) in [4.78, 5) is 0. The van der Waals surface area contributed by atoms with E-state index in [1.807, 2.05) is 0 Å². The van der Waals surface area contributed by atoms with Crippen LogP contribution in [0, 0.1) is 0 Å². The van der Waals surface area contributed by atoms with Crippen molar-refractivity contribution >= 4 is 8.80 Å². The highest BCUT2D eigenvalue weighted by molar-refractivity contribution is 6.60. The van der Waals surface area contributed by atoms with Crippen LogP contribution in [0.5, 0.6) is 0 Å². The fourth-order valence-corrected chi connectivity index (χ4v) is 3.59. The second kappa shape index (κ2) is 8.18. The molecule has 5 nitrogen and oxygen atoms in total. The van der Waals surface area contributed by atoms with E-state index in [2.05, 4.69) is 0 Å². The summed E-state index contributed by atoms with van der Waals surface area (Å²) in [6, 6.07) is 0.767. The summed E-state index contributed by atoms with van der Waals surface area (Å²) in [6.45, 7) is 1.48. The number of hydrogen-bond acceptors (Lipinski definition) is 5. The Morgan fingerprint density at radius 1 is 1.12 bits per heavy atom. The topological polar surface area (TPSA) is 46.2 Å². The summed E-state index contributed by atoms with van der Waals surface area (Å²) in [5, 5.41) is 0. The van der Waals surface area contributed by atoms with E-state index < -0.39 is 8.80 Å². The lowest BCUT2D eigenvalue weighted by Gasteiger charge is -2.25. The zero-order chi connectivity index (χ0) is 12.6. The van der Waals surface area contributed by atoms with Crippen molar-refractivity contribution in [3.05, 3.63) is 0 Å². The third kappa shape index (κ3) is 5.03. The van der Waals surface area contributed by atoms with E-state index in [1.54, 1.807) is 21.3 Å². The fourth-order valence-electron chi connectivity index (χ4n) is 1.90. The van der Waals surface area contributed by atoms with Crippen molar-refractivity contribution in [3.63, 3.8) is 0 Å². The molecule has 0 saturated carbocycles. The zero-order valence-electron chi connectivity index (χ0n) is 11.1. The molecule has 1 saturated heterocycles. The lowest BCUT2D eigenvalue weighted by molar-refractivity contribution is -0.162. The van der Waals surface area contributed by atoms with Gasteiger partial charge in [0.25, 0.3) is 0 Å². The smallest absolute Gasteiger partial charge is 0.377 e. The Labute approximate surface area is 105 Å². The summed E-state index contributed by atoms with van der Waals surface area (Å²) in [6.07, 6.45) is 4.18. The predicted octanol–water partition coefficient (Wildman–Crippen LogP) is 1.80. The third-order valence-electron chi connectivity index (χ3n) is 3.00. The minimum atomic E-state index is -2.42. The van der Waals surface area contributed by atoms with Crippen molar-refractivity contribution in [2.24, 2.45) is 0 Å². The van der Waals surface area contributed by atoms with Crippen LogP contribution in [0.2, 0.25) is 6.04 Å². The summed E-state index contributed by atoms with van der Waals surface area (Å²) in [5.74, 6) is 0. The first kappa shape index (κ1) is 15.1. The molecule has 0 N–H and O–H groups in total. The molecular weight excluding hydrogens is 240 g/mol. The van der Waals surface area contributed by atoms with E-state index in [1.165, 1.54) is 6.42 Å². The first-order chi connectivity index (χ1) is 8.26. The normalized spacial score (nSPS) is 21.7. The molecule has 1 fully saturated rings. The van der Waals surface area contributed by atoms with Gasteiger partial charge in [-0.3, -0.25) is 0 Å². The van der Waals surface area contributed by atoms with Gasteiger partial charge in [-0.2, -0.15) is 0 Å². The van der Waals surface area contributed by atoms with E-state index in [4.69, 9.17) is 22.8 Å². The van der Waals surface area contributed by atoms with E-state index in [-0.39, 0.29) is 6.29 Å². The monoisotopic (exact) mass is 264 g/mol. The Morgan fingerprint density at radius 3 is 2.35 bits per heavy atom. The number of rotatable bonds is 8. The largest absolute Gasteiger partial charge is 0.500 e. The maximum Gasteiger partial charge on any atom is 0.500 e. The quantitative estimate of drug-likeness (QED) is 0.494. The lowest BCUT2D eigenvalue weighted by Crippen LogP contribution is -2.42. The average Bonchev–Trinajstić information content (AvgIpc) is 2.41. The highest BCUT2D eigenvalue weighted by atomic mass is 28.4. The molecule has 1 atom stereocenters. The van der Waals surface area contributed by atoms with Crippen molar-refractivity contribution in [1.29, 1.82) is 0 Å². The van der Waals surface area contributed by atoms with Crippen LogP contribution < -0.4 is 0 Å². The molecule has 0 aromatic heterocycles. The maximum absolute atomic E-state index is 5.65. The Bertz CT molecular complexity index is 184. The van der Waals surface area contributed by atoms with E-state index >= 15 is 0 Å². The van der Waals surface area contributed by atoms with Crippen molar-refractivity contribution in [2.75, 3.05) is 34.5 Å². The summed E-state index contributed by atoms with van der Waals surface area (Å²) in [7, 11) is 2.46. The van der Waals surface area contributed by atoms with Gasteiger partial charge in [-0.15, -0.1) is 0 Å². The van der Waals surface area contributed by atoms with E-state index in [0.29, 0.717) is 6.61 Å². The highest BCUT2D eigenvalue weighted by Gasteiger charge is 2.36. The third-order valence-corrected chi connectivity index (χ3v) is 5.83. The molecule has 0 bridgehead atoms. The van der Waals surface area contributed by atoms with Gasteiger partial charge in [0.2, 0.25) is 0 Å². The molecule has 1 aliphatic rings. The van der Waals surface area contributed by atoms with Crippen molar-refractivity contribution in [2.45, 2.75) is 38.0 Å². The molecule has 1 rings (SSSR count). The fraction of sp³-hybridized carbons (Fsp3) is 1.00. The van der Waals surface area contributed by atoms with Crippen molar-refractivity contribution < 1.29 is 22.8 Å². The van der Waals surface area contributed by atoms with Crippen LogP contribution in [0.25, 0.3) is 0 Å². The molecule has 0 spiro atoms. The van der Waals surface area contributed by atoms with Crippen LogP contribution in [0.1, 0.15) is 25.7 Å². The van der Waals surface area contributed by atoms with Crippen molar-refractivity contribution in [3.8, 4) is 0 Å². The van der Waals surface area contributed by atoms with Crippen LogP contribution >= 0.6 is 0 Å². The molecule has 0 amide bonds. The van der Waals surface area contributed by atoms with Gasteiger partial charge < -0.3 is 22.8 Å². The molecule has 1 heterocycles. The zero-order valence-corrected chi connectivity index (χ0v) is 12.1.